The first-order valence-electron chi connectivity index (χ1n) is 7.07. The minimum atomic E-state index is 0.182. The van der Waals surface area contributed by atoms with Gasteiger partial charge in [-0.3, -0.25) is 9.88 Å². The molecule has 0 saturated carbocycles. The van der Waals surface area contributed by atoms with E-state index in [1.165, 1.54) is 11.3 Å². The lowest BCUT2D eigenvalue weighted by molar-refractivity contribution is 0.161. The second-order valence-electron chi connectivity index (χ2n) is 5.88. The third kappa shape index (κ3) is 3.71. The van der Waals surface area contributed by atoms with Gasteiger partial charge in [0.2, 0.25) is 0 Å². The van der Waals surface area contributed by atoms with Crippen LogP contribution in [0.4, 0.5) is 0 Å². The number of nitrogens with two attached hydrogens (primary N) is 1. The number of pyridine rings is 1. The van der Waals surface area contributed by atoms with E-state index in [-0.39, 0.29) is 6.04 Å². The fourth-order valence-corrected chi connectivity index (χ4v) is 3.94. The summed E-state index contributed by atoms with van der Waals surface area (Å²) in [7, 11) is 0. The van der Waals surface area contributed by atoms with E-state index in [9.17, 15) is 0 Å². The number of thioether (sulfide) groups is 1. The Hall–Kier alpha value is -0.580. The molecule has 2 N–H and O–H groups in total. The second-order valence-corrected chi connectivity index (χ2v) is 7.68. The molecule has 1 aromatic heterocycles. The normalized spacial score (nSPS) is 22.9. The smallest absolute Gasteiger partial charge is 0.0501 e. The molecule has 0 radical (unpaired) electrons. The molecule has 0 aromatic carbocycles. The Morgan fingerprint density at radius 1 is 1.42 bits per heavy atom. The lowest BCUT2D eigenvalue weighted by Gasteiger charge is -2.43. The van der Waals surface area contributed by atoms with Crippen LogP contribution in [0, 0.1) is 0 Å². The van der Waals surface area contributed by atoms with Crippen molar-refractivity contribution in [1.29, 1.82) is 0 Å². The van der Waals surface area contributed by atoms with Gasteiger partial charge in [-0.15, -0.1) is 0 Å². The minimum absolute atomic E-state index is 0.182. The molecule has 0 amide bonds. The number of nitrogens with zero attached hydrogens (tertiary/aromatic N) is 2. The monoisotopic (exact) mass is 279 g/mol. The summed E-state index contributed by atoms with van der Waals surface area (Å²) in [5.74, 6) is 1.19. The van der Waals surface area contributed by atoms with Gasteiger partial charge in [-0.2, -0.15) is 11.8 Å². The molecule has 0 bridgehead atoms. The molecular formula is C15H25N3S. The van der Waals surface area contributed by atoms with Gasteiger partial charge in [0.05, 0.1) is 6.04 Å². The van der Waals surface area contributed by atoms with Crippen molar-refractivity contribution in [2.24, 2.45) is 5.73 Å². The average Bonchev–Trinajstić information content (AvgIpc) is 2.39. The highest BCUT2D eigenvalue weighted by Gasteiger charge is 2.33. The van der Waals surface area contributed by atoms with Crippen LogP contribution in [-0.4, -0.2) is 39.5 Å². The number of hydrogen-bond acceptors (Lipinski definition) is 4. The third-order valence-corrected chi connectivity index (χ3v) is 5.07. The van der Waals surface area contributed by atoms with Crippen LogP contribution >= 0.6 is 11.8 Å². The highest BCUT2D eigenvalue weighted by Crippen LogP contribution is 2.35. The molecule has 1 aromatic rings. The van der Waals surface area contributed by atoms with Gasteiger partial charge in [-0.25, -0.2) is 0 Å². The summed E-state index contributed by atoms with van der Waals surface area (Å²) in [6.45, 7) is 9.03. The Bertz CT molecular complexity index is 394. The van der Waals surface area contributed by atoms with Crippen molar-refractivity contribution in [3.63, 3.8) is 0 Å². The van der Waals surface area contributed by atoms with Gasteiger partial charge in [-0.05, 0) is 38.0 Å². The van der Waals surface area contributed by atoms with Crippen LogP contribution in [0.25, 0.3) is 0 Å². The molecule has 106 valence electrons. The number of aromatic nitrogens is 1. The SMILES string of the molecule is CCC(N)C(c1ccncc1)N1CCSC(C)(C)C1. The van der Waals surface area contributed by atoms with E-state index < -0.39 is 0 Å². The molecule has 1 fully saturated rings. The predicted octanol–water partition coefficient (Wildman–Crippen LogP) is 2.69. The van der Waals surface area contributed by atoms with Crippen molar-refractivity contribution >= 4 is 11.8 Å². The molecule has 2 rings (SSSR count). The molecule has 2 atom stereocenters. The zero-order valence-corrected chi connectivity index (χ0v) is 13.0. The Morgan fingerprint density at radius 2 is 2.11 bits per heavy atom. The molecule has 0 spiro atoms. The number of hydrogen-bond donors (Lipinski definition) is 1. The summed E-state index contributed by atoms with van der Waals surface area (Å²) >= 11 is 2.06. The zero-order chi connectivity index (χ0) is 13.9. The van der Waals surface area contributed by atoms with E-state index >= 15 is 0 Å². The van der Waals surface area contributed by atoms with Crippen molar-refractivity contribution in [3.05, 3.63) is 30.1 Å². The fraction of sp³-hybridized carbons (Fsp3) is 0.667. The molecule has 1 saturated heterocycles. The summed E-state index contributed by atoms with van der Waals surface area (Å²) in [5, 5.41) is 0. The maximum Gasteiger partial charge on any atom is 0.0501 e. The van der Waals surface area contributed by atoms with Crippen LogP contribution in [0.1, 0.15) is 38.8 Å². The highest BCUT2D eigenvalue weighted by molar-refractivity contribution is 8.00. The van der Waals surface area contributed by atoms with Gasteiger partial charge in [0, 0.05) is 42.0 Å². The Kier molecular flexibility index (Phi) is 4.87. The van der Waals surface area contributed by atoms with Crippen LogP contribution in [0.5, 0.6) is 0 Å². The molecule has 19 heavy (non-hydrogen) atoms. The summed E-state index contributed by atoms with van der Waals surface area (Å²) in [4.78, 5) is 6.68. The molecule has 2 unspecified atom stereocenters. The molecule has 2 heterocycles. The van der Waals surface area contributed by atoms with Gasteiger partial charge < -0.3 is 5.73 Å². The zero-order valence-electron chi connectivity index (χ0n) is 12.2. The van der Waals surface area contributed by atoms with E-state index in [1.807, 2.05) is 12.4 Å². The van der Waals surface area contributed by atoms with Crippen molar-refractivity contribution in [1.82, 2.24) is 9.88 Å². The van der Waals surface area contributed by atoms with Crippen molar-refractivity contribution in [2.75, 3.05) is 18.8 Å². The lowest BCUT2D eigenvalue weighted by atomic mass is 9.96. The number of rotatable bonds is 4. The Balaban J connectivity index is 2.23. The van der Waals surface area contributed by atoms with Crippen molar-refractivity contribution in [3.8, 4) is 0 Å². The highest BCUT2D eigenvalue weighted by atomic mass is 32.2. The van der Waals surface area contributed by atoms with E-state index in [1.54, 1.807) is 0 Å². The average molecular weight is 279 g/mol. The third-order valence-electron chi connectivity index (χ3n) is 3.77. The van der Waals surface area contributed by atoms with E-state index in [2.05, 4.69) is 54.5 Å². The maximum atomic E-state index is 6.40. The standard InChI is InChI=1S/C15H25N3S/c1-4-13(16)14(12-5-7-17-8-6-12)18-9-10-19-15(2,3)11-18/h5-8,13-14H,4,9-11,16H2,1-3H3. The van der Waals surface area contributed by atoms with Crippen LogP contribution < -0.4 is 5.73 Å². The van der Waals surface area contributed by atoms with Crippen LogP contribution in [-0.2, 0) is 0 Å². The lowest BCUT2D eigenvalue weighted by Crippen LogP contribution is -2.49. The van der Waals surface area contributed by atoms with Crippen molar-refractivity contribution in [2.45, 2.75) is 44.0 Å². The molecule has 1 aliphatic rings. The van der Waals surface area contributed by atoms with Gasteiger partial charge in [0.25, 0.3) is 0 Å². The van der Waals surface area contributed by atoms with E-state index in [0.29, 0.717) is 10.8 Å². The molecular weight excluding hydrogens is 254 g/mol. The maximum absolute atomic E-state index is 6.40. The summed E-state index contributed by atoms with van der Waals surface area (Å²) in [5.41, 5.74) is 7.70. The quantitative estimate of drug-likeness (QED) is 0.920. The van der Waals surface area contributed by atoms with Gasteiger partial charge in [0.1, 0.15) is 0 Å². The largest absolute Gasteiger partial charge is 0.326 e. The van der Waals surface area contributed by atoms with E-state index in [0.717, 1.165) is 19.5 Å². The summed E-state index contributed by atoms with van der Waals surface area (Å²) < 4.78 is 0.316. The van der Waals surface area contributed by atoms with Crippen molar-refractivity contribution < 1.29 is 0 Å². The fourth-order valence-electron chi connectivity index (χ4n) is 2.80. The van der Waals surface area contributed by atoms with Crippen LogP contribution in [0.2, 0.25) is 0 Å². The van der Waals surface area contributed by atoms with Gasteiger partial charge in [-0.1, -0.05) is 6.92 Å². The predicted molar refractivity (Wildman–Crippen MR) is 83.4 cm³/mol. The first-order chi connectivity index (χ1) is 9.03. The molecule has 0 aliphatic carbocycles. The molecule has 3 nitrogen and oxygen atoms in total. The molecule has 4 heteroatoms. The van der Waals surface area contributed by atoms with Crippen LogP contribution in [0.15, 0.2) is 24.5 Å². The first kappa shape index (κ1) is 14.8. The topological polar surface area (TPSA) is 42.1 Å². The molecule has 1 aliphatic heterocycles. The first-order valence-corrected chi connectivity index (χ1v) is 8.05. The Morgan fingerprint density at radius 3 is 2.68 bits per heavy atom. The van der Waals surface area contributed by atoms with Crippen LogP contribution in [0.3, 0.4) is 0 Å². The second kappa shape index (κ2) is 6.25. The van der Waals surface area contributed by atoms with E-state index in [4.69, 9.17) is 5.73 Å². The summed E-state index contributed by atoms with van der Waals surface area (Å²) in [6.07, 6.45) is 4.74. The van der Waals surface area contributed by atoms with Gasteiger partial charge in [0.15, 0.2) is 0 Å². The Labute approximate surface area is 121 Å². The van der Waals surface area contributed by atoms with Gasteiger partial charge >= 0.3 is 0 Å². The minimum Gasteiger partial charge on any atom is -0.326 e. The summed E-state index contributed by atoms with van der Waals surface area (Å²) in [6, 6.07) is 4.71.